The van der Waals surface area contributed by atoms with E-state index in [2.05, 4.69) is 31.5 Å². The third-order valence-corrected chi connectivity index (χ3v) is 6.85. The Bertz CT molecular complexity index is 993. The van der Waals surface area contributed by atoms with Gasteiger partial charge in [-0.1, -0.05) is 12.1 Å². The van der Waals surface area contributed by atoms with E-state index in [-0.39, 0.29) is 22.7 Å². The van der Waals surface area contributed by atoms with Crippen molar-refractivity contribution in [3.05, 3.63) is 60.3 Å². The molecule has 0 bridgehead atoms. The zero-order valence-corrected chi connectivity index (χ0v) is 18.4. The van der Waals surface area contributed by atoms with E-state index in [1.54, 1.807) is 12.1 Å². The number of thiophene rings is 1. The average Bonchev–Trinajstić information content (AvgIpc) is 2.93. The Kier molecular flexibility index (Phi) is 8.42. The van der Waals surface area contributed by atoms with Crippen molar-refractivity contribution in [1.29, 1.82) is 0 Å². The number of alkyl halides is 2. The summed E-state index contributed by atoms with van der Waals surface area (Å²) >= 11 is 4.39. The second-order valence-corrected chi connectivity index (χ2v) is 8.11. The molecule has 0 aliphatic rings. The highest BCUT2D eigenvalue weighted by molar-refractivity contribution is 9.10. The smallest absolute Gasteiger partial charge is 0.273 e. The van der Waals surface area contributed by atoms with E-state index in [0.29, 0.717) is 28.8 Å². The van der Waals surface area contributed by atoms with Crippen LogP contribution >= 0.6 is 39.7 Å². The number of hydrogen-bond acceptors (Lipinski definition) is 4. The molecule has 0 saturated heterocycles. The number of rotatable bonds is 8. The van der Waals surface area contributed by atoms with Crippen molar-refractivity contribution < 1.29 is 8.78 Å². The van der Waals surface area contributed by atoms with E-state index in [4.69, 9.17) is 0 Å². The van der Waals surface area contributed by atoms with Crippen LogP contribution in [0.5, 0.6) is 0 Å². The number of fused-ring (bicyclic) bond motifs is 1. The van der Waals surface area contributed by atoms with Crippen molar-refractivity contribution in [2.45, 2.75) is 26.3 Å². The van der Waals surface area contributed by atoms with Gasteiger partial charge in [0.1, 0.15) is 5.82 Å². The van der Waals surface area contributed by atoms with Crippen molar-refractivity contribution in [1.82, 2.24) is 10.3 Å². The van der Waals surface area contributed by atoms with Crippen LogP contribution in [0.25, 0.3) is 10.9 Å². The molecule has 0 fully saturated rings. The SMILES string of the molecule is Cc1c(CNCCCNc2cc(=O)c3ccccc3[nH]2)sc(C(F)F)c1Br.Cl. The van der Waals surface area contributed by atoms with Crippen LogP contribution in [0.1, 0.15) is 28.2 Å². The Morgan fingerprint density at radius 1 is 1.25 bits per heavy atom. The normalized spacial score (nSPS) is 11.0. The molecule has 1 aromatic carbocycles. The van der Waals surface area contributed by atoms with Gasteiger partial charge in [0.15, 0.2) is 5.43 Å². The van der Waals surface area contributed by atoms with Crippen LogP contribution in [-0.2, 0) is 6.54 Å². The van der Waals surface area contributed by atoms with Gasteiger partial charge in [0.25, 0.3) is 6.43 Å². The van der Waals surface area contributed by atoms with E-state index >= 15 is 0 Å². The highest BCUT2D eigenvalue weighted by atomic mass is 79.9. The van der Waals surface area contributed by atoms with Crippen molar-refractivity contribution in [2.75, 3.05) is 18.4 Å². The fourth-order valence-electron chi connectivity index (χ4n) is 2.80. The van der Waals surface area contributed by atoms with Gasteiger partial charge < -0.3 is 15.6 Å². The van der Waals surface area contributed by atoms with E-state index in [1.807, 2.05) is 25.1 Å². The van der Waals surface area contributed by atoms with E-state index in [1.165, 1.54) is 0 Å². The number of anilines is 1. The monoisotopic (exact) mass is 491 g/mol. The molecule has 3 aromatic rings. The van der Waals surface area contributed by atoms with Crippen molar-refractivity contribution in [3.63, 3.8) is 0 Å². The molecule has 3 rings (SSSR count). The van der Waals surface area contributed by atoms with Gasteiger partial charge in [0.05, 0.1) is 10.4 Å². The van der Waals surface area contributed by atoms with Crippen LogP contribution in [0.15, 0.2) is 39.6 Å². The molecular formula is C19H21BrClF2N3OS. The Hall–Kier alpha value is -1.48. The van der Waals surface area contributed by atoms with Crippen molar-refractivity contribution >= 4 is 56.4 Å². The molecule has 28 heavy (non-hydrogen) atoms. The van der Waals surface area contributed by atoms with Gasteiger partial charge in [-0.25, -0.2) is 8.78 Å². The number of aromatic amines is 1. The maximum absolute atomic E-state index is 12.9. The van der Waals surface area contributed by atoms with Gasteiger partial charge in [0.2, 0.25) is 0 Å². The molecule has 9 heteroatoms. The summed E-state index contributed by atoms with van der Waals surface area (Å²) in [5.74, 6) is 0.693. The van der Waals surface area contributed by atoms with Crippen LogP contribution in [-0.4, -0.2) is 18.1 Å². The second-order valence-electron chi connectivity index (χ2n) is 6.18. The lowest BCUT2D eigenvalue weighted by molar-refractivity contribution is 0.155. The molecular weight excluding hydrogens is 472 g/mol. The summed E-state index contributed by atoms with van der Waals surface area (Å²) < 4.78 is 26.4. The minimum atomic E-state index is -2.45. The standard InChI is InChI=1S/C19H20BrF2N3OS.ClH/c1-11-15(27-18(17(11)20)19(21)22)10-23-7-4-8-24-16-9-14(26)12-5-2-3-6-13(12)25-16;/h2-3,5-6,9,19,23H,4,7-8,10H2,1H3,(H2,24,25,26);1H. The number of aromatic nitrogens is 1. The number of H-pyrrole nitrogens is 1. The lowest BCUT2D eigenvalue weighted by atomic mass is 10.2. The maximum Gasteiger partial charge on any atom is 0.273 e. The number of benzene rings is 1. The van der Waals surface area contributed by atoms with Gasteiger partial charge in [-0.2, -0.15) is 0 Å². The van der Waals surface area contributed by atoms with Gasteiger partial charge in [-0.05, 0) is 53.5 Å². The summed E-state index contributed by atoms with van der Waals surface area (Å²) in [7, 11) is 0. The Morgan fingerprint density at radius 3 is 2.71 bits per heavy atom. The minimum Gasteiger partial charge on any atom is -0.371 e. The van der Waals surface area contributed by atoms with Crippen molar-refractivity contribution in [2.24, 2.45) is 0 Å². The summed E-state index contributed by atoms with van der Waals surface area (Å²) in [4.78, 5) is 16.3. The number of nitrogens with one attached hydrogen (secondary N) is 3. The first kappa shape index (κ1) is 22.8. The highest BCUT2D eigenvalue weighted by Crippen LogP contribution is 2.38. The van der Waals surface area contributed by atoms with Gasteiger partial charge in [0, 0.05) is 33.9 Å². The molecule has 0 radical (unpaired) electrons. The summed E-state index contributed by atoms with van der Waals surface area (Å²) in [6, 6.07) is 8.96. The summed E-state index contributed by atoms with van der Waals surface area (Å²) in [6.07, 6.45) is -1.62. The fourth-order valence-corrected chi connectivity index (χ4v) is 4.61. The Labute approximate surface area is 180 Å². The van der Waals surface area contributed by atoms with Gasteiger partial charge in [-0.3, -0.25) is 4.79 Å². The average molecular weight is 493 g/mol. The number of para-hydroxylation sites is 1. The third kappa shape index (κ3) is 5.31. The van der Waals surface area contributed by atoms with Gasteiger partial charge in [-0.15, -0.1) is 23.7 Å². The predicted molar refractivity (Wildman–Crippen MR) is 118 cm³/mol. The first-order valence-electron chi connectivity index (χ1n) is 8.60. The van der Waals surface area contributed by atoms with E-state index in [0.717, 1.165) is 40.3 Å². The molecule has 2 aromatic heterocycles. The van der Waals surface area contributed by atoms with Crippen LogP contribution in [0.2, 0.25) is 0 Å². The quantitative estimate of drug-likeness (QED) is 0.358. The number of hydrogen-bond donors (Lipinski definition) is 3. The zero-order valence-electron chi connectivity index (χ0n) is 15.2. The molecule has 4 nitrogen and oxygen atoms in total. The maximum atomic E-state index is 12.9. The lowest BCUT2D eigenvalue weighted by Crippen LogP contribution is -2.18. The molecule has 0 aliphatic heterocycles. The molecule has 0 atom stereocenters. The molecule has 2 heterocycles. The highest BCUT2D eigenvalue weighted by Gasteiger charge is 2.19. The van der Waals surface area contributed by atoms with E-state index < -0.39 is 6.43 Å². The molecule has 0 aliphatic carbocycles. The Morgan fingerprint density at radius 2 is 2.00 bits per heavy atom. The van der Waals surface area contributed by atoms with Crippen LogP contribution in [0.4, 0.5) is 14.6 Å². The largest absolute Gasteiger partial charge is 0.371 e. The lowest BCUT2D eigenvalue weighted by Gasteiger charge is -2.08. The van der Waals surface area contributed by atoms with E-state index in [9.17, 15) is 13.6 Å². The first-order chi connectivity index (χ1) is 13.0. The number of pyridine rings is 1. The summed E-state index contributed by atoms with van der Waals surface area (Å²) in [6.45, 7) is 3.84. The predicted octanol–water partition coefficient (Wildman–Crippen LogP) is 5.61. The number of halogens is 4. The molecule has 3 N–H and O–H groups in total. The first-order valence-corrected chi connectivity index (χ1v) is 10.2. The Balaban J connectivity index is 0.00000280. The molecule has 152 valence electrons. The zero-order chi connectivity index (χ0) is 19.4. The minimum absolute atomic E-state index is 0. The summed E-state index contributed by atoms with van der Waals surface area (Å²) in [5.41, 5.74) is 1.66. The van der Waals surface area contributed by atoms with Crippen molar-refractivity contribution in [3.8, 4) is 0 Å². The van der Waals surface area contributed by atoms with Crippen LogP contribution in [0, 0.1) is 6.92 Å². The fraction of sp³-hybridized carbons (Fsp3) is 0.316. The molecule has 0 spiro atoms. The van der Waals surface area contributed by atoms with Gasteiger partial charge >= 0.3 is 0 Å². The van der Waals surface area contributed by atoms with Crippen LogP contribution < -0.4 is 16.1 Å². The topological polar surface area (TPSA) is 56.9 Å². The van der Waals surface area contributed by atoms with Crippen LogP contribution in [0.3, 0.4) is 0 Å². The molecule has 0 saturated carbocycles. The molecule has 0 unspecified atom stereocenters. The second kappa shape index (κ2) is 10.3. The molecule has 0 amide bonds. The summed E-state index contributed by atoms with van der Waals surface area (Å²) in [5, 5.41) is 7.17. The third-order valence-electron chi connectivity index (χ3n) is 4.26.